The van der Waals surface area contributed by atoms with Crippen LogP contribution in [0.4, 0.5) is 5.69 Å². The van der Waals surface area contributed by atoms with Crippen LogP contribution in [0.3, 0.4) is 0 Å². The topological polar surface area (TPSA) is 59.8 Å². The van der Waals surface area contributed by atoms with Gasteiger partial charge in [0.15, 0.2) is 0 Å². The number of fused-ring (bicyclic) bond motifs is 1. The number of amides is 1. The summed E-state index contributed by atoms with van der Waals surface area (Å²) in [5.74, 6) is 0.237. The number of hydrogen-bond acceptors (Lipinski definition) is 4. The molecule has 4 aromatic rings. The molecule has 1 N–H and O–H groups in total. The Labute approximate surface area is 171 Å². The highest BCUT2D eigenvalue weighted by Crippen LogP contribution is 2.21. The van der Waals surface area contributed by atoms with E-state index in [-0.39, 0.29) is 5.91 Å². The van der Waals surface area contributed by atoms with Gasteiger partial charge in [-0.25, -0.2) is 0 Å². The Bertz CT molecular complexity index is 1120. The van der Waals surface area contributed by atoms with Crippen LogP contribution in [-0.4, -0.2) is 26.7 Å². The van der Waals surface area contributed by atoms with E-state index in [1.165, 1.54) is 17.3 Å². The smallest absolute Gasteiger partial charge is 0.234 e. The quantitative estimate of drug-likeness (QED) is 0.466. The largest absolute Gasteiger partial charge is 0.325 e. The van der Waals surface area contributed by atoms with Crippen molar-refractivity contribution >= 4 is 46.0 Å². The lowest BCUT2D eigenvalue weighted by Crippen LogP contribution is -2.13. The Kier molecular flexibility index (Phi) is 5.32. The number of carbonyl (C=O) groups is 1. The number of aromatic nitrogens is 3. The first-order valence-corrected chi connectivity index (χ1v) is 10.1. The van der Waals surface area contributed by atoms with Crippen LogP contribution in [-0.2, 0) is 4.79 Å². The number of hydrogen-bond donors (Lipinski definition) is 1. The van der Waals surface area contributed by atoms with Crippen LogP contribution < -0.4 is 5.32 Å². The van der Waals surface area contributed by atoms with E-state index >= 15 is 0 Å². The summed E-state index contributed by atoms with van der Waals surface area (Å²) in [7, 11) is 0. The third-order valence-corrected chi connectivity index (χ3v) is 5.38. The molecule has 0 atom stereocenters. The summed E-state index contributed by atoms with van der Waals surface area (Å²) >= 11 is 7.34. The third kappa shape index (κ3) is 4.35. The Hall–Kier alpha value is -2.83. The van der Waals surface area contributed by atoms with Crippen LogP contribution in [0.2, 0.25) is 5.02 Å². The van der Waals surface area contributed by atoms with Gasteiger partial charge in [0.1, 0.15) is 11.0 Å². The highest BCUT2D eigenvalue weighted by molar-refractivity contribution is 8.00. The van der Waals surface area contributed by atoms with E-state index in [9.17, 15) is 4.79 Å². The highest BCUT2D eigenvalue weighted by atomic mass is 35.5. The van der Waals surface area contributed by atoms with Crippen molar-refractivity contribution < 1.29 is 4.79 Å². The molecule has 3 aromatic carbocycles. The summed E-state index contributed by atoms with van der Waals surface area (Å²) in [6.07, 6.45) is 0. The fraction of sp³-hybridized carbons (Fsp3) is 0.0952. The maximum atomic E-state index is 12.2. The third-order valence-electron chi connectivity index (χ3n) is 4.11. The molecule has 4 rings (SSSR count). The van der Waals surface area contributed by atoms with Crippen LogP contribution in [0.25, 0.3) is 16.7 Å². The van der Waals surface area contributed by atoms with Gasteiger partial charge in [-0.3, -0.25) is 4.79 Å². The fourth-order valence-corrected chi connectivity index (χ4v) is 3.49. The molecule has 0 aliphatic heterocycles. The minimum absolute atomic E-state index is 0.0785. The number of carbonyl (C=O) groups excluding carboxylic acids is 1. The first-order valence-electron chi connectivity index (χ1n) is 8.69. The van der Waals surface area contributed by atoms with Gasteiger partial charge in [-0.1, -0.05) is 29.3 Å². The van der Waals surface area contributed by atoms with Crippen LogP contribution in [0.1, 0.15) is 5.56 Å². The molecule has 0 radical (unpaired) electrons. The Morgan fingerprint density at radius 2 is 1.71 bits per heavy atom. The Balaban J connectivity index is 1.44. The normalized spacial score (nSPS) is 10.9. The molecule has 28 heavy (non-hydrogen) atoms. The van der Waals surface area contributed by atoms with Crippen molar-refractivity contribution in [2.45, 2.75) is 11.8 Å². The summed E-state index contributed by atoms with van der Waals surface area (Å²) in [4.78, 5) is 14.8. The first-order chi connectivity index (χ1) is 13.6. The summed E-state index contributed by atoms with van der Waals surface area (Å²) in [6, 6.07) is 20.9. The maximum Gasteiger partial charge on any atom is 0.234 e. The summed E-state index contributed by atoms with van der Waals surface area (Å²) < 4.78 is 0. The molecule has 0 aliphatic rings. The first kappa shape index (κ1) is 18.5. The zero-order valence-corrected chi connectivity index (χ0v) is 16.7. The lowest BCUT2D eigenvalue weighted by atomic mass is 10.2. The number of nitrogens with zero attached hydrogens (tertiary/aromatic N) is 3. The number of thioether (sulfide) groups is 1. The lowest BCUT2D eigenvalue weighted by molar-refractivity contribution is -0.113. The van der Waals surface area contributed by atoms with Gasteiger partial charge in [-0.15, -0.1) is 22.0 Å². The van der Waals surface area contributed by atoms with Gasteiger partial charge in [-0.2, -0.15) is 4.80 Å². The van der Waals surface area contributed by atoms with Crippen molar-refractivity contribution in [3.8, 4) is 5.69 Å². The summed E-state index contributed by atoms with van der Waals surface area (Å²) in [6.45, 7) is 2.04. The molecule has 0 unspecified atom stereocenters. The van der Waals surface area contributed by atoms with Crippen molar-refractivity contribution in [3.63, 3.8) is 0 Å². The van der Waals surface area contributed by atoms with E-state index in [1.54, 1.807) is 4.80 Å². The van der Waals surface area contributed by atoms with Gasteiger partial charge >= 0.3 is 0 Å². The molecule has 1 amide bonds. The van der Waals surface area contributed by atoms with E-state index < -0.39 is 0 Å². The second-order valence-corrected chi connectivity index (χ2v) is 7.80. The van der Waals surface area contributed by atoms with Gasteiger partial charge in [-0.05, 0) is 61.5 Å². The molecule has 0 bridgehead atoms. The van der Waals surface area contributed by atoms with E-state index in [2.05, 4.69) is 15.5 Å². The zero-order chi connectivity index (χ0) is 19.5. The van der Waals surface area contributed by atoms with E-state index in [0.717, 1.165) is 21.6 Å². The van der Waals surface area contributed by atoms with Crippen LogP contribution >= 0.6 is 23.4 Å². The summed E-state index contributed by atoms with van der Waals surface area (Å²) in [5, 5.41) is 12.6. The molecular weight excluding hydrogens is 392 g/mol. The number of nitrogens with one attached hydrogen (secondary N) is 1. The van der Waals surface area contributed by atoms with Crippen LogP contribution in [0.5, 0.6) is 0 Å². The average molecular weight is 409 g/mol. The lowest BCUT2D eigenvalue weighted by Gasteiger charge is -2.05. The fourth-order valence-electron chi connectivity index (χ4n) is 2.66. The minimum atomic E-state index is -0.0785. The molecule has 7 heteroatoms. The van der Waals surface area contributed by atoms with Crippen molar-refractivity contribution in [2.75, 3.05) is 11.1 Å². The number of rotatable bonds is 5. The Morgan fingerprint density at radius 3 is 2.46 bits per heavy atom. The minimum Gasteiger partial charge on any atom is -0.325 e. The molecule has 0 fully saturated rings. The van der Waals surface area contributed by atoms with Crippen molar-refractivity contribution in [3.05, 3.63) is 77.3 Å². The van der Waals surface area contributed by atoms with Gasteiger partial charge in [0.2, 0.25) is 5.91 Å². The second kappa shape index (κ2) is 8.04. The predicted octanol–water partition coefficient (Wildman–Crippen LogP) is 5.11. The molecule has 0 aliphatic carbocycles. The standard InChI is InChI=1S/C21H17ClN4OS/c1-14-2-7-17(8-3-14)26-24-19-11-6-16(12-20(19)25-26)23-21(27)13-28-18-9-4-15(22)5-10-18/h2-12H,13H2,1H3,(H,23,27). The van der Waals surface area contributed by atoms with Gasteiger partial charge in [0.25, 0.3) is 0 Å². The molecule has 1 heterocycles. The van der Waals surface area contributed by atoms with E-state index in [0.29, 0.717) is 16.5 Å². The van der Waals surface area contributed by atoms with E-state index in [1.807, 2.05) is 73.7 Å². The number of halogens is 1. The maximum absolute atomic E-state index is 12.2. The summed E-state index contributed by atoms with van der Waals surface area (Å²) in [5.41, 5.74) is 4.27. The number of benzene rings is 3. The average Bonchev–Trinajstić information content (AvgIpc) is 3.11. The van der Waals surface area contributed by atoms with Crippen molar-refractivity contribution in [1.29, 1.82) is 0 Å². The van der Waals surface area contributed by atoms with Crippen LogP contribution in [0, 0.1) is 6.92 Å². The van der Waals surface area contributed by atoms with Gasteiger partial charge < -0.3 is 5.32 Å². The van der Waals surface area contributed by atoms with E-state index in [4.69, 9.17) is 11.6 Å². The second-order valence-electron chi connectivity index (χ2n) is 6.32. The molecule has 0 saturated carbocycles. The molecule has 140 valence electrons. The molecular formula is C21H17ClN4OS. The Morgan fingerprint density at radius 1 is 1.00 bits per heavy atom. The monoisotopic (exact) mass is 408 g/mol. The van der Waals surface area contributed by atoms with Crippen LogP contribution in [0.15, 0.2) is 71.6 Å². The van der Waals surface area contributed by atoms with Crippen molar-refractivity contribution in [1.82, 2.24) is 15.0 Å². The number of aryl methyl sites for hydroxylation is 1. The predicted molar refractivity (Wildman–Crippen MR) is 114 cm³/mol. The molecule has 0 saturated heterocycles. The zero-order valence-electron chi connectivity index (χ0n) is 15.1. The SMILES string of the molecule is Cc1ccc(-n2nc3ccc(NC(=O)CSc4ccc(Cl)cc4)cc3n2)cc1. The van der Waals surface area contributed by atoms with Gasteiger partial charge in [0, 0.05) is 15.6 Å². The molecule has 5 nitrogen and oxygen atoms in total. The van der Waals surface area contributed by atoms with Crippen molar-refractivity contribution in [2.24, 2.45) is 0 Å². The molecule has 0 spiro atoms. The number of anilines is 1. The molecule has 1 aromatic heterocycles. The van der Waals surface area contributed by atoms with Gasteiger partial charge in [0.05, 0.1) is 11.4 Å². The highest BCUT2D eigenvalue weighted by Gasteiger charge is 2.08.